The van der Waals surface area contributed by atoms with E-state index in [9.17, 15) is 8.78 Å². The standard InChI is InChI=1S/C14H19F2NO2/c15-14(16)11-19-9-7-17-6-8-18-10-13(17)12-4-2-1-3-5-12/h1-5,13-14H,6-11H2. The first kappa shape index (κ1) is 14.4. The van der Waals surface area contributed by atoms with Crippen LogP contribution < -0.4 is 0 Å². The van der Waals surface area contributed by atoms with Crippen LogP contribution in [0.4, 0.5) is 8.78 Å². The molecular formula is C14H19F2NO2. The molecule has 1 atom stereocenters. The molecule has 0 radical (unpaired) electrons. The molecule has 0 N–H and O–H groups in total. The second kappa shape index (κ2) is 7.53. The Morgan fingerprint density at radius 1 is 1.32 bits per heavy atom. The molecule has 0 bridgehead atoms. The van der Waals surface area contributed by atoms with Crippen LogP contribution in [-0.4, -0.2) is 50.8 Å². The Morgan fingerprint density at radius 2 is 2.11 bits per heavy atom. The average molecular weight is 271 g/mol. The molecule has 0 spiro atoms. The molecule has 106 valence electrons. The Balaban J connectivity index is 1.86. The Bertz CT molecular complexity index is 362. The second-order valence-corrected chi connectivity index (χ2v) is 4.50. The molecule has 0 amide bonds. The zero-order valence-corrected chi connectivity index (χ0v) is 10.8. The van der Waals surface area contributed by atoms with Crippen molar-refractivity contribution in [2.45, 2.75) is 12.5 Å². The first-order valence-electron chi connectivity index (χ1n) is 6.50. The SMILES string of the molecule is FC(F)COCCN1CCOCC1c1ccccc1. The lowest BCUT2D eigenvalue weighted by atomic mass is 10.1. The monoisotopic (exact) mass is 271 g/mol. The van der Waals surface area contributed by atoms with Crippen molar-refractivity contribution < 1.29 is 18.3 Å². The fourth-order valence-electron chi connectivity index (χ4n) is 2.24. The summed E-state index contributed by atoms with van der Waals surface area (Å²) in [6.45, 7) is 2.61. The van der Waals surface area contributed by atoms with Crippen molar-refractivity contribution in [3.63, 3.8) is 0 Å². The highest BCUT2D eigenvalue weighted by atomic mass is 19.3. The fraction of sp³-hybridized carbons (Fsp3) is 0.571. The maximum absolute atomic E-state index is 12.0. The Labute approximate surface area is 112 Å². The van der Waals surface area contributed by atoms with Crippen LogP contribution in [-0.2, 0) is 9.47 Å². The molecular weight excluding hydrogens is 252 g/mol. The molecule has 1 aliphatic heterocycles. The van der Waals surface area contributed by atoms with E-state index in [1.165, 1.54) is 5.56 Å². The van der Waals surface area contributed by atoms with Crippen molar-refractivity contribution in [2.75, 3.05) is 39.5 Å². The maximum Gasteiger partial charge on any atom is 0.261 e. The molecule has 19 heavy (non-hydrogen) atoms. The third-order valence-electron chi connectivity index (χ3n) is 3.19. The van der Waals surface area contributed by atoms with Crippen molar-refractivity contribution >= 4 is 0 Å². The van der Waals surface area contributed by atoms with Gasteiger partial charge in [0.1, 0.15) is 6.61 Å². The number of alkyl halides is 2. The van der Waals surface area contributed by atoms with E-state index in [4.69, 9.17) is 9.47 Å². The Morgan fingerprint density at radius 3 is 2.84 bits per heavy atom. The fourth-order valence-corrected chi connectivity index (χ4v) is 2.24. The average Bonchev–Trinajstić information content (AvgIpc) is 2.45. The Hall–Kier alpha value is -1.04. The van der Waals surface area contributed by atoms with Crippen LogP contribution in [0.5, 0.6) is 0 Å². The van der Waals surface area contributed by atoms with E-state index >= 15 is 0 Å². The predicted octanol–water partition coefficient (Wildman–Crippen LogP) is 2.34. The number of benzene rings is 1. The molecule has 1 saturated heterocycles. The zero-order valence-electron chi connectivity index (χ0n) is 10.8. The van der Waals surface area contributed by atoms with E-state index in [2.05, 4.69) is 17.0 Å². The molecule has 1 aromatic carbocycles. The van der Waals surface area contributed by atoms with Crippen LogP contribution in [0, 0.1) is 0 Å². The molecule has 0 saturated carbocycles. The third kappa shape index (κ3) is 4.53. The number of ether oxygens (including phenoxy) is 2. The smallest absolute Gasteiger partial charge is 0.261 e. The number of hydrogen-bond donors (Lipinski definition) is 0. The van der Waals surface area contributed by atoms with Crippen molar-refractivity contribution in [1.82, 2.24) is 4.90 Å². The minimum atomic E-state index is -2.39. The summed E-state index contributed by atoms with van der Waals surface area (Å²) in [5.41, 5.74) is 1.19. The van der Waals surface area contributed by atoms with Gasteiger partial charge in [-0.3, -0.25) is 4.90 Å². The van der Waals surface area contributed by atoms with E-state index in [0.29, 0.717) is 26.4 Å². The first-order valence-corrected chi connectivity index (χ1v) is 6.50. The van der Waals surface area contributed by atoms with Crippen molar-refractivity contribution in [3.05, 3.63) is 35.9 Å². The number of nitrogens with zero attached hydrogens (tertiary/aromatic N) is 1. The van der Waals surface area contributed by atoms with Gasteiger partial charge in [-0.05, 0) is 5.56 Å². The van der Waals surface area contributed by atoms with E-state index in [1.807, 2.05) is 18.2 Å². The van der Waals surface area contributed by atoms with E-state index < -0.39 is 13.0 Å². The van der Waals surface area contributed by atoms with Gasteiger partial charge in [-0.15, -0.1) is 0 Å². The summed E-state index contributed by atoms with van der Waals surface area (Å²) in [7, 11) is 0. The van der Waals surface area contributed by atoms with Gasteiger partial charge in [-0.25, -0.2) is 8.78 Å². The molecule has 0 aromatic heterocycles. The van der Waals surface area contributed by atoms with Gasteiger partial charge in [0.15, 0.2) is 0 Å². The van der Waals surface area contributed by atoms with Gasteiger partial charge < -0.3 is 9.47 Å². The normalized spacial score (nSPS) is 20.9. The van der Waals surface area contributed by atoms with E-state index in [0.717, 1.165) is 6.54 Å². The van der Waals surface area contributed by atoms with Gasteiger partial charge in [-0.2, -0.15) is 0 Å². The molecule has 1 fully saturated rings. The van der Waals surface area contributed by atoms with Crippen LogP contribution in [0.1, 0.15) is 11.6 Å². The van der Waals surface area contributed by atoms with Crippen molar-refractivity contribution in [1.29, 1.82) is 0 Å². The number of rotatable bonds is 6. The molecule has 5 heteroatoms. The van der Waals surface area contributed by atoms with Crippen LogP contribution in [0.2, 0.25) is 0 Å². The Kier molecular flexibility index (Phi) is 5.69. The highest BCUT2D eigenvalue weighted by molar-refractivity contribution is 5.19. The number of morpholine rings is 1. The minimum Gasteiger partial charge on any atom is -0.378 e. The zero-order chi connectivity index (χ0) is 13.5. The van der Waals surface area contributed by atoms with Crippen molar-refractivity contribution in [3.8, 4) is 0 Å². The highest BCUT2D eigenvalue weighted by Gasteiger charge is 2.23. The van der Waals surface area contributed by atoms with Gasteiger partial charge >= 0.3 is 0 Å². The lowest BCUT2D eigenvalue weighted by molar-refractivity contribution is -0.0337. The van der Waals surface area contributed by atoms with Gasteiger partial charge in [-0.1, -0.05) is 30.3 Å². The molecule has 1 heterocycles. The summed E-state index contributed by atoms with van der Waals surface area (Å²) in [6, 6.07) is 10.3. The number of halogens is 2. The van der Waals surface area contributed by atoms with Crippen LogP contribution >= 0.6 is 0 Å². The largest absolute Gasteiger partial charge is 0.378 e. The molecule has 2 rings (SSSR count). The van der Waals surface area contributed by atoms with Gasteiger partial charge in [0.25, 0.3) is 6.43 Å². The molecule has 1 unspecified atom stereocenters. The molecule has 3 nitrogen and oxygen atoms in total. The summed E-state index contributed by atoms with van der Waals surface area (Å²) >= 11 is 0. The lowest BCUT2D eigenvalue weighted by Crippen LogP contribution is -2.41. The minimum absolute atomic E-state index is 0.185. The van der Waals surface area contributed by atoms with E-state index in [1.54, 1.807) is 0 Å². The van der Waals surface area contributed by atoms with Gasteiger partial charge in [0.2, 0.25) is 0 Å². The lowest BCUT2D eigenvalue weighted by Gasteiger charge is -2.35. The molecule has 1 aromatic rings. The maximum atomic E-state index is 12.0. The molecule has 1 aliphatic rings. The molecule has 0 aliphatic carbocycles. The topological polar surface area (TPSA) is 21.7 Å². The summed E-state index contributed by atoms with van der Waals surface area (Å²) < 4.78 is 34.4. The summed E-state index contributed by atoms with van der Waals surface area (Å²) in [5, 5.41) is 0. The predicted molar refractivity (Wildman–Crippen MR) is 68.4 cm³/mol. The summed E-state index contributed by atoms with van der Waals surface area (Å²) in [5.74, 6) is 0. The first-order chi connectivity index (χ1) is 9.27. The van der Waals surface area contributed by atoms with E-state index in [-0.39, 0.29) is 6.04 Å². The van der Waals surface area contributed by atoms with Crippen LogP contribution in [0.3, 0.4) is 0 Å². The highest BCUT2D eigenvalue weighted by Crippen LogP contribution is 2.23. The van der Waals surface area contributed by atoms with Gasteiger partial charge in [0.05, 0.1) is 25.9 Å². The van der Waals surface area contributed by atoms with Crippen LogP contribution in [0.15, 0.2) is 30.3 Å². The van der Waals surface area contributed by atoms with Gasteiger partial charge in [0, 0.05) is 13.1 Å². The summed E-state index contributed by atoms with van der Waals surface area (Å²) in [6.07, 6.45) is -2.39. The summed E-state index contributed by atoms with van der Waals surface area (Å²) in [4.78, 5) is 2.23. The van der Waals surface area contributed by atoms with Crippen molar-refractivity contribution in [2.24, 2.45) is 0 Å². The quantitative estimate of drug-likeness (QED) is 0.741. The third-order valence-corrected chi connectivity index (χ3v) is 3.19. The van der Waals surface area contributed by atoms with Crippen LogP contribution in [0.25, 0.3) is 0 Å². The second-order valence-electron chi connectivity index (χ2n) is 4.50. The number of hydrogen-bond acceptors (Lipinski definition) is 3.